The van der Waals surface area contributed by atoms with Gasteiger partial charge in [0.15, 0.2) is 0 Å². The van der Waals surface area contributed by atoms with Gasteiger partial charge < -0.3 is 19.3 Å². The highest BCUT2D eigenvalue weighted by Crippen LogP contribution is 2.56. The normalized spacial score (nSPS) is 18.6. The van der Waals surface area contributed by atoms with Gasteiger partial charge >= 0.3 is 5.97 Å². The molecule has 10 heteroatoms. The highest BCUT2D eigenvalue weighted by molar-refractivity contribution is 6.39. The number of halogens is 2. The molecule has 2 fully saturated rings. The number of carbonyl (C=O) groups is 1. The Balaban J connectivity index is 1.25. The molecule has 1 saturated heterocycles. The zero-order valence-corrected chi connectivity index (χ0v) is 21.1. The monoisotopic (exact) mass is 526 g/mol. The van der Waals surface area contributed by atoms with Crippen molar-refractivity contribution in [2.75, 3.05) is 25.1 Å². The predicted molar refractivity (Wildman–Crippen MR) is 136 cm³/mol. The van der Waals surface area contributed by atoms with Crippen molar-refractivity contribution in [3.63, 3.8) is 0 Å². The lowest BCUT2D eigenvalue weighted by atomic mass is 9.63. The van der Waals surface area contributed by atoms with Gasteiger partial charge in [-0.1, -0.05) is 34.4 Å². The van der Waals surface area contributed by atoms with Crippen LogP contribution in [0.1, 0.15) is 59.7 Å². The third kappa shape index (κ3) is 3.92. The van der Waals surface area contributed by atoms with E-state index in [9.17, 15) is 9.90 Å². The van der Waals surface area contributed by atoms with Crippen molar-refractivity contribution in [3.05, 3.63) is 57.7 Å². The minimum absolute atomic E-state index is 0.0618. The first-order valence-electron chi connectivity index (χ1n) is 11.9. The predicted octanol–water partition coefficient (Wildman–Crippen LogP) is 6.10. The average Bonchev–Trinajstić information content (AvgIpc) is 3.61. The summed E-state index contributed by atoms with van der Waals surface area (Å²) in [7, 11) is 1.47. The fourth-order valence-corrected chi connectivity index (χ4v) is 5.90. The summed E-state index contributed by atoms with van der Waals surface area (Å²) in [6, 6.07) is 1.71. The molecule has 0 bridgehead atoms. The number of pyridine rings is 2. The number of carboxylic acids is 1. The lowest BCUT2D eigenvalue weighted by molar-refractivity contribution is 0.0693. The van der Waals surface area contributed by atoms with Gasteiger partial charge in [0.2, 0.25) is 0 Å². The van der Waals surface area contributed by atoms with E-state index in [0.717, 1.165) is 62.3 Å². The largest absolute Gasteiger partial charge is 0.496 e. The number of hydrogen-bond donors (Lipinski definition) is 1. The quantitative estimate of drug-likeness (QED) is 0.411. The molecule has 186 valence electrons. The zero-order chi connectivity index (χ0) is 25.0. The van der Waals surface area contributed by atoms with Gasteiger partial charge in [0, 0.05) is 54.8 Å². The van der Waals surface area contributed by atoms with E-state index in [1.807, 2.05) is 0 Å². The maximum Gasteiger partial charge on any atom is 0.341 e. The average molecular weight is 527 g/mol. The van der Waals surface area contributed by atoms with Crippen LogP contribution in [0.15, 0.2) is 35.3 Å². The van der Waals surface area contributed by atoms with Crippen LogP contribution >= 0.6 is 23.2 Å². The van der Waals surface area contributed by atoms with Crippen LogP contribution in [0.25, 0.3) is 16.8 Å². The van der Waals surface area contributed by atoms with E-state index < -0.39 is 5.97 Å². The summed E-state index contributed by atoms with van der Waals surface area (Å²) >= 11 is 12.9. The van der Waals surface area contributed by atoms with Crippen molar-refractivity contribution in [3.8, 4) is 17.0 Å². The van der Waals surface area contributed by atoms with Crippen LogP contribution in [-0.4, -0.2) is 46.4 Å². The van der Waals surface area contributed by atoms with E-state index in [0.29, 0.717) is 33.0 Å². The lowest BCUT2D eigenvalue weighted by Crippen LogP contribution is -2.42. The number of aromatic carboxylic acids is 1. The van der Waals surface area contributed by atoms with E-state index in [1.54, 1.807) is 18.5 Å². The van der Waals surface area contributed by atoms with Gasteiger partial charge in [0.1, 0.15) is 28.6 Å². The summed E-state index contributed by atoms with van der Waals surface area (Å²) in [5.41, 5.74) is 3.81. The second-order valence-electron chi connectivity index (χ2n) is 9.77. The molecular weight excluding hydrogens is 503 g/mol. The van der Waals surface area contributed by atoms with Crippen molar-refractivity contribution in [1.29, 1.82) is 0 Å². The molecule has 8 nitrogen and oxygen atoms in total. The molecule has 4 heterocycles. The van der Waals surface area contributed by atoms with Crippen LogP contribution in [0, 0.1) is 5.41 Å². The van der Waals surface area contributed by atoms with Crippen molar-refractivity contribution >= 4 is 40.6 Å². The van der Waals surface area contributed by atoms with E-state index in [1.165, 1.54) is 18.9 Å². The van der Waals surface area contributed by atoms with Gasteiger partial charge in [-0.05, 0) is 43.1 Å². The molecule has 1 spiro atoms. The van der Waals surface area contributed by atoms with Gasteiger partial charge in [-0.3, -0.25) is 4.98 Å². The second kappa shape index (κ2) is 8.78. The van der Waals surface area contributed by atoms with Gasteiger partial charge in [0.05, 0.1) is 17.2 Å². The van der Waals surface area contributed by atoms with E-state index in [-0.39, 0.29) is 11.0 Å². The molecular formula is C26H24Cl2N4O4. The second-order valence-corrected chi connectivity index (χ2v) is 10.6. The minimum Gasteiger partial charge on any atom is -0.496 e. The third-order valence-corrected chi connectivity index (χ3v) is 8.06. The zero-order valence-electron chi connectivity index (χ0n) is 19.6. The molecule has 0 atom stereocenters. The van der Waals surface area contributed by atoms with Crippen molar-refractivity contribution in [1.82, 2.24) is 15.1 Å². The fraction of sp³-hybridized carbons (Fsp3) is 0.385. The number of allylic oxidation sites excluding steroid dienone is 2. The lowest BCUT2D eigenvalue weighted by Gasteiger charge is -2.46. The number of aromatic nitrogens is 3. The Bertz CT molecular complexity index is 1370. The molecule has 1 N–H and O–H groups in total. The summed E-state index contributed by atoms with van der Waals surface area (Å²) < 4.78 is 11.1. The van der Waals surface area contributed by atoms with Crippen LogP contribution in [0.4, 0.5) is 5.82 Å². The molecule has 2 aliphatic carbocycles. The number of carboxylic acid groups (broad SMARTS) is 1. The molecule has 0 unspecified atom stereocenters. The summed E-state index contributed by atoms with van der Waals surface area (Å²) in [4.78, 5) is 22.0. The Morgan fingerprint density at radius 2 is 1.86 bits per heavy atom. The summed E-state index contributed by atoms with van der Waals surface area (Å²) in [6.07, 6.45) is 12.0. The summed E-state index contributed by atoms with van der Waals surface area (Å²) in [6.45, 7) is 1.64. The first-order chi connectivity index (χ1) is 17.4. The smallest absolute Gasteiger partial charge is 0.341 e. The van der Waals surface area contributed by atoms with Gasteiger partial charge in [-0.2, -0.15) is 0 Å². The van der Waals surface area contributed by atoms with Crippen LogP contribution in [-0.2, 0) is 0 Å². The molecule has 0 amide bonds. The maximum atomic E-state index is 11.4. The number of ether oxygens (including phenoxy) is 1. The Hall–Kier alpha value is -3.10. The SMILES string of the molecule is COc1cc(N2CCC3(C=C(c4c(-c5c(Cl)cncc5Cl)noc4C4CC4)C3)CC2)ncc1C(=O)O. The number of anilines is 1. The van der Waals surface area contributed by atoms with E-state index in [4.69, 9.17) is 32.5 Å². The standard InChI is InChI=1S/C26H24Cl2N4O4/c1-35-19-8-20(30-11-16(19)25(33)34)32-6-4-26(5-7-32)9-15(10-26)21-23(31-36-24(21)14-2-3-14)22-17(27)12-29-13-18(22)28/h8-9,11-14H,2-7,10H2,1H3,(H,33,34). The molecule has 0 radical (unpaired) electrons. The molecule has 3 aromatic heterocycles. The van der Waals surface area contributed by atoms with Crippen molar-refractivity contribution < 1.29 is 19.2 Å². The van der Waals surface area contributed by atoms with Gasteiger partial charge in [-0.25, -0.2) is 9.78 Å². The topological polar surface area (TPSA) is 102 Å². The molecule has 0 aromatic carbocycles. The highest BCUT2D eigenvalue weighted by atomic mass is 35.5. The first-order valence-corrected chi connectivity index (χ1v) is 12.7. The highest BCUT2D eigenvalue weighted by Gasteiger charge is 2.44. The Morgan fingerprint density at radius 3 is 2.47 bits per heavy atom. The Labute approximate surface area is 217 Å². The van der Waals surface area contributed by atoms with Crippen LogP contribution in [0.5, 0.6) is 5.75 Å². The third-order valence-electron chi connectivity index (χ3n) is 7.49. The Kier molecular flexibility index (Phi) is 5.68. The molecule has 3 aromatic rings. The first kappa shape index (κ1) is 23.3. The van der Waals surface area contributed by atoms with Crippen molar-refractivity contribution in [2.45, 2.75) is 38.0 Å². The fourth-order valence-electron chi connectivity index (χ4n) is 5.36. The van der Waals surface area contributed by atoms with Gasteiger partial charge in [-0.15, -0.1) is 0 Å². The van der Waals surface area contributed by atoms with Gasteiger partial charge in [0.25, 0.3) is 0 Å². The number of methoxy groups -OCH3 is 1. The number of nitrogens with zero attached hydrogens (tertiary/aromatic N) is 4. The minimum atomic E-state index is -1.05. The number of rotatable bonds is 6. The molecule has 1 aliphatic heterocycles. The number of piperidine rings is 1. The van der Waals surface area contributed by atoms with E-state index >= 15 is 0 Å². The molecule has 36 heavy (non-hydrogen) atoms. The maximum absolute atomic E-state index is 11.4. The van der Waals surface area contributed by atoms with Crippen LogP contribution < -0.4 is 9.64 Å². The number of hydrogen-bond acceptors (Lipinski definition) is 7. The van der Waals surface area contributed by atoms with Crippen LogP contribution in [0.2, 0.25) is 10.0 Å². The summed E-state index contributed by atoms with van der Waals surface area (Å²) in [5.74, 6) is 1.33. The molecule has 3 aliphatic rings. The molecule has 6 rings (SSSR count). The van der Waals surface area contributed by atoms with Crippen molar-refractivity contribution in [2.24, 2.45) is 5.41 Å². The summed E-state index contributed by atoms with van der Waals surface area (Å²) in [5, 5.41) is 14.6. The molecule has 1 saturated carbocycles. The van der Waals surface area contributed by atoms with E-state index in [2.05, 4.69) is 26.1 Å². The van der Waals surface area contributed by atoms with Crippen LogP contribution in [0.3, 0.4) is 0 Å². The Morgan fingerprint density at radius 1 is 1.17 bits per heavy atom.